The first-order valence-electron chi connectivity index (χ1n) is 5.50. The van der Waals surface area contributed by atoms with Crippen molar-refractivity contribution in [2.45, 2.75) is 18.6 Å². The summed E-state index contributed by atoms with van der Waals surface area (Å²) in [6.07, 6.45) is -5.23. The molecule has 0 aliphatic rings. The molecule has 6 heteroatoms. The van der Waals surface area contributed by atoms with Crippen molar-refractivity contribution in [2.24, 2.45) is 0 Å². The van der Waals surface area contributed by atoms with Gasteiger partial charge in [-0.05, 0) is 13.1 Å². The predicted octanol–water partition coefficient (Wildman–Crippen LogP) is 3.06. The van der Waals surface area contributed by atoms with Crippen LogP contribution >= 0.6 is 0 Å². The van der Waals surface area contributed by atoms with Gasteiger partial charge in [-0.3, -0.25) is 0 Å². The second kappa shape index (κ2) is 6.70. The first-order valence-corrected chi connectivity index (χ1v) is 5.50. The van der Waals surface area contributed by atoms with Gasteiger partial charge in [-0.1, -0.05) is 18.2 Å². The highest BCUT2D eigenvalue weighted by molar-refractivity contribution is 5.21. The SMILES string of the molecule is CNC(COCCC(F)(F)F)c1ccccc1F. The van der Waals surface area contributed by atoms with E-state index in [0.29, 0.717) is 5.56 Å². The molecule has 1 atom stereocenters. The van der Waals surface area contributed by atoms with Gasteiger partial charge >= 0.3 is 6.18 Å². The lowest BCUT2D eigenvalue weighted by atomic mass is 10.1. The summed E-state index contributed by atoms with van der Waals surface area (Å²) in [6, 6.07) is 5.63. The van der Waals surface area contributed by atoms with E-state index in [1.54, 1.807) is 25.2 Å². The summed E-state index contributed by atoms with van der Waals surface area (Å²) in [6.45, 7) is -0.427. The molecule has 0 saturated carbocycles. The van der Waals surface area contributed by atoms with E-state index in [1.807, 2.05) is 0 Å². The molecule has 0 radical (unpaired) electrons. The Morgan fingerprint density at radius 3 is 2.50 bits per heavy atom. The smallest absolute Gasteiger partial charge is 0.379 e. The molecule has 1 unspecified atom stereocenters. The Bertz CT molecular complexity index is 367. The van der Waals surface area contributed by atoms with Gasteiger partial charge in [-0.25, -0.2) is 4.39 Å². The molecule has 0 aromatic heterocycles. The predicted molar refractivity (Wildman–Crippen MR) is 59.7 cm³/mol. The fraction of sp³-hybridized carbons (Fsp3) is 0.500. The maximum atomic E-state index is 13.4. The van der Waals surface area contributed by atoms with E-state index in [1.165, 1.54) is 6.07 Å². The zero-order valence-corrected chi connectivity index (χ0v) is 9.93. The van der Waals surface area contributed by atoms with E-state index < -0.39 is 31.1 Å². The number of benzene rings is 1. The second-order valence-electron chi connectivity index (χ2n) is 3.80. The van der Waals surface area contributed by atoms with Gasteiger partial charge in [0, 0.05) is 5.56 Å². The molecule has 0 spiro atoms. The maximum Gasteiger partial charge on any atom is 0.391 e. The van der Waals surface area contributed by atoms with Crippen molar-refractivity contribution < 1.29 is 22.3 Å². The van der Waals surface area contributed by atoms with Crippen molar-refractivity contribution in [3.8, 4) is 0 Å². The highest BCUT2D eigenvalue weighted by Gasteiger charge is 2.26. The zero-order chi connectivity index (χ0) is 13.6. The molecule has 102 valence electrons. The third-order valence-electron chi connectivity index (χ3n) is 2.44. The maximum absolute atomic E-state index is 13.4. The molecule has 0 amide bonds. The standard InChI is InChI=1S/C12H15F4NO/c1-17-11(8-18-7-6-12(14,15)16)9-4-2-3-5-10(9)13/h2-5,11,17H,6-8H2,1H3. The van der Waals surface area contributed by atoms with Crippen LogP contribution in [0, 0.1) is 5.82 Å². The van der Waals surface area contributed by atoms with E-state index in [0.717, 1.165) is 0 Å². The molecule has 1 aromatic carbocycles. The zero-order valence-electron chi connectivity index (χ0n) is 9.93. The molecular formula is C12H15F4NO. The normalized spacial score (nSPS) is 13.6. The van der Waals surface area contributed by atoms with Crippen LogP contribution < -0.4 is 5.32 Å². The first-order chi connectivity index (χ1) is 8.44. The van der Waals surface area contributed by atoms with Crippen LogP contribution in [0.25, 0.3) is 0 Å². The highest BCUT2D eigenvalue weighted by Crippen LogP contribution is 2.20. The molecule has 1 N–H and O–H groups in total. The van der Waals surface area contributed by atoms with E-state index in [4.69, 9.17) is 4.74 Å². The Morgan fingerprint density at radius 2 is 1.94 bits per heavy atom. The number of rotatable bonds is 6. The minimum Gasteiger partial charge on any atom is -0.379 e. The lowest BCUT2D eigenvalue weighted by molar-refractivity contribution is -0.145. The lowest BCUT2D eigenvalue weighted by Crippen LogP contribution is -2.24. The molecule has 0 aliphatic carbocycles. The van der Waals surface area contributed by atoms with Crippen LogP contribution in [0.3, 0.4) is 0 Å². The number of hydrogen-bond donors (Lipinski definition) is 1. The molecule has 18 heavy (non-hydrogen) atoms. The molecule has 0 aliphatic heterocycles. The number of alkyl halides is 3. The average Bonchev–Trinajstić information content (AvgIpc) is 2.29. The Kier molecular flexibility index (Phi) is 5.55. The van der Waals surface area contributed by atoms with Crippen LogP contribution in [0.5, 0.6) is 0 Å². The Balaban J connectivity index is 2.46. The van der Waals surface area contributed by atoms with Crippen molar-refractivity contribution in [3.05, 3.63) is 35.6 Å². The third kappa shape index (κ3) is 5.01. The van der Waals surface area contributed by atoms with E-state index in [2.05, 4.69) is 5.32 Å². The molecule has 0 bridgehead atoms. The minimum absolute atomic E-state index is 0.00644. The van der Waals surface area contributed by atoms with Crippen molar-refractivity contribution in [2.75, 3.05) is 20.3 Å². The Hall–Kier alpha value is -1.14. The van der Waals surface area contributed by atoms with E-state index in [9.17, 15) is 17.6 Å². The van der Waals surface area contributed by atoms with Crippen molar-refractivity contribution in [1.29, 1.82) is 0 Å². The number of likely N-dealkylation sites (N-methyl/N-ethyl adjacent to an activating group) is 1. The van der Waals surface area contributed by atoms with Gasteiger partial charge in [0.1, 0.15) is 5.82 Å². The van der Waals surface area contributed by atoms with Crippen LogP contribution in [0.2, 0.25) is 0 Å². The summed E-state index contributed by atoms with van der Waals surface area (Å²) in [5, 5.41) is 2.81. The number of halogens is 4. The van der Waals surface area contributed by atoms with Gasteiger partial charge in [-0.15, -0.1) is 0 Å². The molecule has 0 saturated heterocycles. The molecular weight excluding hydrogens is 250 g/mol. The topological polar surface area (TPSA) is 21.3 Å². The summed E-state index contributed by atoms with van der Waals surface area (Å²) in [4.78, 5) is 0. The van der Waals surface area contributed by atoms with Crippen LogP contribution in [0.4, 0.5) is 17.6 Å². The number of hydrogen-bond acceptors (Lipinski definition) is 2. The average molecular weight is 265 g/mol. The number of ether oxygens (including phenoxy) is 1. The van der Waals surface area contributed by atoms with E-state index >= 15 is 0 Å². The minimum atomic E-state index is -4.23. The van der Waals surface area contributed by atoms with Gasteiger partial charge in [0.25, 0.3) is 0 Å². The summed E-state index contributed by atoms with van der Waals surface area (Å²) in [5.74, 6) is -0.406. The van der Waals surface area contributed by atoms with Crippen molar-refractivity contribution in [3.63, 3.8) is 0 Å². The fourth-order valence-electron chi connectivity index (χ4n) is 1.48. The van der Waals surface area contributed by atoms with Crippen LogP contribution in [0.15, 0.2) is 24.3 Å². The summed E-state index contributed by atoms with van der Waals surface area (Å²) >= 11 is 0. The fourth-order valence-corrected chi connectivity index (χ4v) is 1.48. The van der Waals surface area contributed by atoms with Crippen LogP contribution in [-0.2, 0) is 4.74 Å². The third-order valence-corrected chi connectivity index (χ3v) is 2.44. The van der Waals surface area contributed by atoms with Crippen LogP contribution in [-0.4, -0.2) is 26.4 Å². The summed E-state index contributed by atoms with van der Waals surface area (Å²) < 4.78 is 54.1. The molecule has 1 aromatic rings. The second-order valence-corrected chi connectivity index (χ2v) is 3.80. The van der Waals surface area contributed by atoms with Crippen molar-refractivity contribution >= 4 is 0 Å². The molecule has 0 heterocycles. The van der Waals surface area contributed by atoms with Gasteiger partial charge in [-0.2, -0.15) is 13.2 Å². The summed E-state index contributed by atoms with van der Waals surface area (Å²) in [5.41, 5.74) is 0.381. The lowest BCUT2D eigenvalue weighted by Gasteiger charge is -2.17. The Morgan fingerprint density at radius 1 is 1.28 bits per heavy atom. The first kappa shape index (κ1) is 14.9. The monoisotopic (exact) mass is 265 g/mol. The van der Waals surface area contributed by atoms with Gasteiger partial charge in [0.2, 0.25) is 0 Å². The molecule has 1 rings (SSSR count). The highest BCUT2D eigenvalue weighted by atomic mass is 19.4. The largest absolute Gasteiger partial charge is 0.391 e. The molecule has 0 fully saturated rings. The molecule has 2 nitrogen and oxygen atoms in total. The van der Waals surface area contributed by atoms with Crippen molar-refractivity contribution in [1.82, 2.24) is 5.32 Å². The quantitative estimate of drug-likeness (QED) is 0.630. The van der Waals surface area contributed by atoms with Gasteiger partial charge in [0.15, 0.2) is 0 Å². The van der Waals surface area contributed by atoms with Gasteiger partial charge in [0.05, 0.1) is 25.7 Å². The van der Waals surface area contributed by atoms with Crippen LogP contribution in [0.1, 0.15) is 18.0 Å². The van der Waals surface area contributed by atoms with E-state index in [-0.39, 0.29) is 6.61 Å². The Labute approximate surface area is 103 Å². The van der Waals surface area contributed by atoms with Gasteiger partial charge < -0.3 is 10.1 Å². The number of nitrogens with one attached hydrogen (secondary N) is 1. The summed E-state index contributed by atoms with van der Waals surface area (Å²) in [7, 11) is 1.60.